The molecule has 0 heterocycles. The highest BCUT2D eigenvalue weighted by molar-refractivity contribution is 6.15. The first-order valence-electron chi connectivity index (χ1n) is 3.65. The standard InChI is InChI=1S/C9H9BF2/c1-9(2,10)7-4-3-6(11)5-8(7)12/h3-5H,1-2H3. The van der Waals surface area contributed by atoms with Gasteiger partial charge in [0.05, 0.1) is 7.85 Å². The van der Waals surface area contributed by atoms with Crippen molar-refractivity contribution in [2.75, 3.05) is 0 Å². The molecule has 3 heteroatoms. The average Bonchev–Trinajstić information content (AvgIpc) is 1.83. The molecule has 0 aliphatic carbocycles. The number of hydrogen-bond donors (Lipinski definition) is 0. The Morgan fingerprint density at radius 1 is 1.25 bits per heavy atom. The van der Waals surface area contributed by atoms with Crippen LogP contribution in [0.5, 0.6) is 0 Å². The summed E-state index contributed by atoms with van der Waals surface area (Å²) in [4.78, 5) is 0. The van der Waals surface area contributed by atoms with Crippen LogP contribution in [0.1, 0.15) is 19.4 Å². The Kier molecular flexibility index (Phi) is 2.22. The van der Waals surface area contributed by atoms with Gasteiger partial charge in [-0.15, -0.1) is 0 Å². The van der Waals surface area contributed by atoms with Crippen LogP contribution in [-0.2, 0) is 5.31 Å². The molecule has 0 amide bonds. The molecule has 0 bridgehead atoms. The maximum Gasteiger partial charge on any atom is 0.129 e. The molecule has 0 saturated heterocycles. The lowest BCUT2D eigenvalue weighted by Crippen LogP contribution is -2.18. The van der Waals surface area contributed by atoms with Gasteiger partial charge in [0.25, 0.3) is 0 Å². The Morgan fingerprint density at radius 3 is 2.25 bits per heavy atom. The summed E-state index contributed by atoms with van der Waals surface area (Å²) in [5, 5.41) is -0.766. The molecule has 0 N–H and O–H groups in total. The highest BCUT2D eigenvalue weighted by Crippen LogP contribution is 2.22. The van der Waals surface area contributed by atoms with E-state index in [2.05, 4.69) is 0 Å². The molecule has 12 heavy (non-hydrogen) atoms. The Morgan fingerprint density at radius 2 is 1.83 bits per heavy atom. The Balaban J connectivity index is 3.19. The quantitative estimate of drug-likeness (QED) is 0.561. The monoisotopic (exact) mass is 166 g/mol. The van der Waals surface area contributed by atoms with E-state index in [4.69, 9.17) is 7.85 Å². The van der Waals surface area contributed by atoms with Crippen molar-refractivity contribution in [2.45, 2.75) is 19.2 Å². The van der Waals surface area contributed by atoms with Gasteiger partial charge in [0, 0.05) is 6.07 Å². The van der Waals surface area contributed by atoms with Gasteiger partial charge in [-0.3, -0.25) is 0 Å². The van der Waals surface area contributed by atoms with E-state index in [1.165, 1.54) is 12.1 Å². The number of halogens is 2. The second-order valence-corrected chi connectivity index (χ2v) is 3.35. The molecule has 0 atom stereocenters. The maximum atomic E-state index is 13.0. The van der Waals surface area contributed by atoms with Crippen LogP contribution in [0.4, 0.5) is 8.78 Å². The van der Waals surface area contributed by atoms with E-state index in [0.29, 0.717) is 5.56 Å². The Bertz CT molecular complexity index is 289. The van der Waals surface area contributed by atoms with E-state index in [1.807, 2.05) is 0 Å². The second kappa shape index (κ2) is 2.89. The van der Waals surface area contributed by atoms with Gasteiger partial charge in [0.2, 0.25) is 0 Å². The van der Waals surface area contributed by atoms with E-state index < -0.39 is 16.9 Å². The van der Waals surface area contributed by atoms with Crippen molar-refractivity contribution in [1.82, 2.24) is 0 Å². The lowest BCUT2D eigenvalue weighted by Gasteiger charge is -2.19. The number of benzene rings is 1. The van der Waals surface area contributed by atoms with Gasteiger partial charge in [0.1, 0.15) is 11.6 Å². The molecule has 2 radical (unpaired) electrons. The van der Waals surface area contributed by atoms with Crippen molar-refractivity contribution in [2.24, 2.45) is 0 Å². The minimum Gasteiger partial charge on any atom is -0.207 e. The summed E-state index contributed by atoms with van der Waals surface area (Å²) in [6, 6.07) is 3.40. The highest BCUT2D eigenvalue weighted by atomic mass is 19.1. The molecule has 0 fully saturated rings. The van der Waals surface area contributed by atoms with Crippen LogP contribution in [0.25, 0.3) is 0 Å². The van der Waals surface area contributed by atoms with Crippen LogP contribution < -0.4 is 0 Å². The van der Waals surface area contributed by atoms with E-state index >= 15 is 0 Å². The molecule has 0 aliphatic rings. The summed E-state index contributed by atoms with van der Waals surface area (Å²) in [5.74, 6) is -1.18. The van der Waals surface area contributed by atoms with E-state index in [0.717, 1.165) is 6.07 Å². The third-order valence-corrected chi connectivity index (χ3v) is 1.63. The van der Waals surface area contributed by atoms with Gasteiger partial charge in [-0.2, -0.15) is 0 Å². The average molecular weight is 166 g/mol. The van der Waals surface area contributed by atoms with Gasteiger partial charge in [-0.1, -0.05) is 19.9 Å². The van der Waals surface area contributed by atoms with E-state index in [-0.39, 0.29) is 0 Å². The molecule has 1 aromatic carbocycles. The largest absolute Gasteiger partial charge is 0.207 e. The smallest absolute Gasteiger partial charge is 0.129 e. The Labute approximate surface area is 72.0 Å². The maximum absolute atomic E-state index is 13.0. The second-order valence-electron chi connectivity index (χ2n) is 3.35. The number of rotatable bonds is 1. The van der Waals surface area contributed by atoms with Crippen LogP contribution >= 0.6 is 0 Å². The minimum absolute atomic E-state index is 0.323. The highest BCUT2D eigenvalue weighted by Gasteiger charge is 2.17. The summed E-state index contributed by atoms with van der Waals surface area (Å²) < 4.78 is 25.5. The van der Waals surface area contributed by atoms with Gasteiger partial charge >= 0.3 is 0 Å². The van der Waals surface area contributed by atoms with Gasteiger partial charge < -0.3 is 0 Å². The lowest BCUT2D eigenvalue weighted by molar-refractivity contribution is 0.555. The molecule has 0 saturated carbocycles. The van der Waals surface area contributed by atoms with Crippen LogP contribution in [0, 0.1) is 11.6 Å². The van der Waals surface area contributed by atoms with Crippen LogP contribution in [0.2, 0.25) is 0 Å². The van der Waals surface area contributed by atoms with Crippen LogP contribution in [0.15, 0.2) is 18.2 Å². The van der Waals surface area contributed by atoms with Crippen molar-refractivity contribution in [1.29, 1.82) is 0 Å². The molecule has 0 spiro atoms. The normalized spacial score (nSPS) is 11.7. The van der Waals surface area contributed by atoms with E-state index in [1.54, 1.807) is 13.8 Å². The van der Waals surface area contributed by atoms with Gasteiger partial charge in [-0.05, 0) is 16.9 Å². The molecular formula is C9H9BF2. The molecule has 0 aromatic heterocycles. The molecule has 1 aromatic rings. The van der Waals surface area contributed by atoms with Crippen molar-refractivity contribution < 1.29 is 8.78 Å². The topological polar surface area (TPSA) is 0 Å². The molecule has 0 nitrogen and oxygen atoms in total. The molecule has 1 rings (SSSR count). The molecular weight excluding hydrogens is 157 g/mol. The predicted molar refractivity (Wildman–Crippen MR) is 45.1 cm³/mol. The lowest BCUT2D eigenvalue weighted by atomic mass is 9.67. The number of hydrogen-bond acceptors (Lipinski definition) is 0. The van der Waals surface area contributed by atoms with Gasteiger partial charge in [0.15, 0.2) is 0 Å². The van der Waals surface area contributed by atoms with Crippen molar-refractivity contribution >= 4 is 7.85 Å². The summed E-state index contributed by atoms with van der Waals surface area (Å²) in [5.41, 5.74) is 0.323. The summed E-state index contributed by atoms with van der Waals surface area (Å²) in [6.45, 7) is 3.34. The minimum atomic E-state index is -0.766. The van der Waals surface area contributed by atoms with Crippen molar-refractivity contribution in [3.63, 3.8) is 0 Å². The zero-order chi connectivity index (χ0) is 9.35. The first kappa shape index (κ1) is 9.23. The third-order valence-electron chi connectivity index (χ3n) is 1.63. The van der Waals surface area contributed by atoms with E-state index in [9.17, 15) is 8.78 Å². The Hall–Kier alpha value is -0.855. The summed E-state index contributed by atoms with van der Waals surface area (Å²) in [6.07, 6.45) is 0. The van der Waals surface area contributed by atoms with Crippen LogP contribution in [0.3, 0.4) is 0 Å². The fourth-order valence-electron chi connectivity index (χ4n) is 1.01. The fraction of sp³-hybridized carbons (Fsp3) is 0.333. The molecule has 62 valence electrons. The SMILES string of the molecule is [B]C(C)(C)c1ccc(F)cc1F. The van der Waals surface area contributed by atoms with Crippen LogP contribution in [-0.4, -0.2) is 7.85 Å². The van der Waals surface area contributed by atoms with Crippen molar-refractivity contribution in [3.05, 3.63) is 35.4 Å². The molecule has 0 aliphatic heterocycles. The summed E-state index contributed by atoms with van der Waals surface area (Å²) >= 11 is 0. The van der Waals surface area contributed by atoms with Gasteiger partial charge in [-0.25, -0.2) is 8.78 Å². The first-order valence-corrected chi connectivity index (χ1v) is 3.65. The zero-order valence-corrected chi connectivity index (χ0v) is 7.07. The third kappa shape index (κ3) is 1.84. The summed E-state index contributed by atoms with van der Waals surface area (Å²) in [7, 11) is 5.65. The predicted octanol–water partition coefficient (Wildman–Crippen LogP) is 2.37. The zero-order valence-electron chi connectivity index (χ0n) is 7.07. The fourth-order valence-corrected chi connectivity index (χ4v) is 1.01. The van der Waals surface area contributed by atoms with Crippen molar-refractivity contribution in [3.8, 4) is 0 Å². The molecule has 0 unspecified atom stereocenters. The first-order chi connectivity index (χ1) is 5.41.